The zero-order valence-electron chi connectivity index (χ0n) is 17.0. The lowest BCUT2D eigenvalue weighted by atomic mass is 10.0. The summed E-state index contributed by atoms with van der Waals surface area (Å²) in [7, 11) is 1.59. The Morgan fingerprint density at radius 1 is 1.03 bits per heavy atom. The van der Waals surface area contributed by atoms with Gasteiger partial charge in [-0.2, -0.15) is 0 Å². The predicted octanol–water partition coefficient (Wildman–Crippen LogP) is 4.19. The van der Waals surface area contributed by atoms with Gasteiger partial charge >= 0.3 is 0 Å². The standard InChI is InChI=1S/C24H20N2O5/c1-15-23(16-3-5-18(29-2)6-4-16)24(28)20-8-7-19(13-21(20)31-15)30-14-22(27)26-17-9-11-25-12-10-17/h3-13H,14H2,1-2H3,(H,25,26,27). The van der Waals surface area contributed by atoms with Crippen LogP contribution in [0.4, 0.5) is 5.69 Å². The van der Waals surface area contributed by atoms with Crippen LogP contribution in [0.5, 0.6) is 11.5 Å². The summed E-state index contributed by atoms with van der Waals surface area (Å²) in [4.78, 5) is 29.0. The lowest BCUT2D eigenvalue weighted by Crippen LogP contribution is -2.20. The van der Waals surface area contributed by atoms with Crippen molar-refractivity contribution in [3.63, 3.8) is 0 Å². The summed E-state index contributed by atoms with van der Waals surface area (Å²) in [5, 5.41) is 3.15. The molecule has 2 aromatic heterocycles. The largest absolute Gasteiger partial charge is 0.497 e. The van der Waals surface area contributed by atoms with E-state index in [1.165, 1.54) is 0 Å². The molecule has 0 unspecified atom stereocenters. The van der Waals surface area contributed by atoms with Gasteiger partial charge in [0.2, 0.25) is 5.43 Å². The quantitative estimate of drug-likeness (QED) is 0.507. The highest BCUT2D eigenvalue weighted by atomic mass is 16.5. The third kappa shape index (κ3) is 4.40. The highest BCUT2D eigenvalue weighted by Crippen LogP contribution is 2.27. The summed E-state index contributed by atoms with van der Waals surface area (Å²) >= 11 is 0. The third-order valence-electron chi connectivity index (χ3n) is 4.75. The first-order valence-corrected chi connectivity index (χ1v) is 9.60. The smallest absolute Gasteiger partial charge is 0.262 e. The molecule has 0 spiro atoms. The molecule has 4 aromatic rings. The van der Waals surface area contributed by atoms with E-state index in [2.05, 4.69) is 10.3 Å². The molecule has 4 rings (SSSR count). The van der Waals surface area contributed by atoms with Crippen molar-refractivity contribution >= 4 is 22.6 Å². The van der Waals surface area contributed by atoms with E-state index in [9.17, 15) is 9.59 Å². The molecular formula is C24H20N2O5. The van der Waals surface area contributed by atoms with Crippen LogP contribution in [0, 0.1) is 6.92 Å². The van der Waals surface area contributed by atoms with Crippen LogP contribution in [-0.2, 0) is 4.79 Å². The average Bonchev–Trinajstić information content (AvgIpc) is 2.78. The lowest BCUT2D eigenvalue weighted by Gasteiger charge is -2.10. The van der Waals surface area contributed by atoms with Crippen molar-refractivity contribution in [2.24, 2.45) is 0 Å². The van der Waals surface area contributed by atoms with Crippen molar-refractivity contribution < 1.29 is 18.7 Å². The fourth-order valence-electron chi connectivity index (χ4n) is 3.25. The molecule has 0 aliphatic carbocycles. The number of aromatic nitrogens is 1. The van der Waals surface area contributed by atoms with Crippen LogP contribution < -0.4 is 20.2 Å². The van der Waals surface area contributed by atoms with Crippen LogP contribution in [0.3, 0.4) is 0 Å². The number of benzene rings is 2. The number of pyridine rings is 1. The van der Waals surface area contributed by atoms with Gasteiger partial charge in [0, 0.05) is 24.1 Å². The van der Waals surface area contributed by atoms with E-state index in [-0.39, 0.29) is 17.9 Å². The van der Waals surface area contributed by atoms with E-state index in [1.54, 1.807) is 68.9 Å². The van der Waals surface area contributed by atoms with Crippen molar-refractivity contribution in [1.82, 2.24) is 4.98 Å². The van der Waals surface area contributed by atoms with Crippen molar-refractivity contribution in [2.45, 2.75) is 6.92 Å². The number of rotatable bonds is 6. The number of hydrogen-bond donors (Lipinski definition) is 1. The fourth-order valence-corrected chi connectivity index (χ4v) is 3.25. The molecule has 0 saturated heterocycles. The van der Waals surface area contributed by atoms with Gasteiger partial charge in [-0.1, -0.05) is 12.1 Å². The molecule has 31 heavy (non-hydrogen) atoms. The maximum absolute atomic E-state index is 13.1. The minimum atomic E-state index is -0.307. The van der Waals surface area contributed by atoms with Crippen molar-refractivity contribution in [3.05, 3.63) is 83.0 Å². The molecule has 7 nitrogen and oxygen atoms in total. The first-order valence-electron chi connectivity index (χ1n) is 9.60. The second-order valence-corrected chi connectivity index (χ2v) is 6.82. The number of hydrogen-bond acceptors (Lipinski definition) is 6. The molecule has 0 saturated carbocycles. The van der Waals surface area contributed by atoms with Crippen LogP contribution in [-0.4, -0.2) is 24.6 Å². The van der Waals surface area contributed by atoms with E-state index in [0.717, 1.165) is 5.56 Å². The number of amides is 1. The number of aryl methyl sites for hydroxylation is 1. The SMILES string of the molecule is COc1ccc(-c2c(C)oc3cc(OCC(=O)Nc4ccncc4)ccc3c2=O)cc1. The zero-order valence-corrected chi connectivity index (χ0v) is 17.0. The maximum atomic E-state index is 13.1. The van der Waals surface area contributed by atoms with Gasteiger partial charge in [-0.05, 0) is 48.9 Å². The summed E-state index contributed by atoms with van der Waals surface area (Å²) in [5.74, 6) is 1.33. The van der Waals surface area contributed by atoms with E-state index in [4.69, 9.17) is 13.9 Å². The highest BCUT2D eigenvalue weighted by Gasteiger charge is 2.14. The number of anilines is 1. The number of ether oxygens (including phenoxy) is 2. The Labute approximate surface area is 178 Å². The molecular weight excluding hydrogens is 396 g/mol. The third-order valence-corrected chi connectivity index (χ3v) is 4.75. The Kier molecular flexibility index (Phi) is 5.66. The van der Waals surface area contributed by atoms with Crippen LogP contribution in [0.1, 0.15) is 5.76 Å². The predicted molar refractivity (Wildman–Crippen MR) is 118 cm³/mol. The second kappa shape index (κ2) is 8.71. The van der Waals surface area contributed by atoms with Crippen LogP contribution in [0.25, 0.3) is 22.1 Å². The van der Waals surface area contributed by atoms with Gasteiger partial charge < -0.3 is 19.2 Å². The molecule has 7 heteroatoms. The van der Waals surface area contributed by atoms with Crippen LogP contribution in [0.15, 0.2) is 76.2 Å². The number of nitrogens with one attached hydrogen (secondary N) is 1. The number of carbonyl (C=O) groups excluding carboxylic acids is 1. The van der Waals surface area contributed by atoms with Gasteiger partial charge in [0.1, 0.15) is 22.8 Å². The molecule has 156 valence electrons. The van der Waals surface area contributed by atoms with E-state index >= 15 is 0 Å². The second-order valence-electron chi connectivity index (χ2n) is 6.82. The van der Waals surface area contributed by atoms with E-state index in [1.807, 2.05) is 12.1 Å². The highest BCUT2D eigenvalue weighted by molar-refractivity contribution is 5.92. The molecule has 0 atom stereocenters. The summed E-state index contributed by atoms with van der Waals surface area (Å²) in [5.41, 5.74) is 2.15. The molecule has 1 amide bonds. The van der Waals surface area contributed by atoms with E-state index < -0.39 is 0 Å². The van der Waals surface area contributed by atoms with Crippen LogP contribution in [0.2, 0.25) is 0 Å². The molecule has 0 radical (unpaired) electrons. The molecule has 0 aliphatic heterocycles. The van der Waals surface area contributed by atoms with Gasteiger partial charge in [0.25, 0.3) is 5.91 Å². The maximum Gasteiger partial charge on any atom is 0.262 e. The lowest BCUT2D eigenvalue weighted by molar-refractivity contribution is -0.118. The van der Waals surface area contributed by atoms with Crippen molar-refractivity contribution in [3.8, 4) is 22.6 Å². The van der Waals surface area contributed by atoms with Gasteiger partial charge in [-0.3, -0.25) is 14.6 Å². The Morgan fingerprint density at radius 2 is 1.74 bits per heavy atom. The summed E-state index contributed by atoms with van der Waals surface area (Å²) in [6.45, 7) is 1.57. The van der Waals surface area contributed by atoms with Gasteiger partial charge in [-0.25, -0.2) is 0 Å². The van der Waals surface area contributed by atoms with Crippen LogP contribution >= 0.6 is 0 Å². The Hall–Kier alpha value is -4.13. The minimum absolute atomic E-state index is 0.133. The number of methoxy groups -OCH3 is 1. The molecule has 2 aromatic carbocycles. The molecule has 0 aliphatic rings. The number of carbonyl (C=O) groups is 1. The van der Waals surface area contributed by atoms with Crippen molar-refractivity contribution in [1.29, 1.82) is 0 Å². The Balaban J connectivity index is 1.55. The fraction of sp³-hybridized carbons (Fsp3) is 0.125. The topological polar surface area (TPSA) is 90.7 Å². The molecule has 1 N–H and O–H groups in total. The summed E-state index contributed by atoms with van der Waals surface area (Å²) in [6.07, 6.45) is 3.18. The minimum Gasteiger partial charge on any atom is -0.497 e. The van der Waals surface area contributed by atoms with Crippen molar-refractivity contribution in [2.75, 3.05) is 19.0 Å². The Bertz CT molecular complexity index is 1280. The summed E-state index contributed by atoms with van der Waals surface area (Å²) < 4.78 is 16.6. The van der Waals surface area contributed by atoms with Gasteiger partial charge in [0.05, 0.1) is 18.1 Å². The number of nitrogens with zero attached hydrogens (tertiary/aromatic N) is 1. The first kappa shape index (κ1) is 20.2. The zero-order chi connectivity index (χ0) is 21.8. The van der Waals surface area contributed by atoms with Gasteiger partial charge in [0.15, 0.2) is 6.61 Å². The monoisotopic (exact) mass is 416 g/mol. The van der Waals surface area contributed by atoms with E-state index in [0.29, 0.717) is 39.5 Å². The van der Waals surface area contributed by atoms with Gasteiger partial charge in [-0.15, -0.1) is 0 Å². The summed E-state index contributed by atoms with van der Waals surface area (Å²) in [6, 6.07) is 15.5. The normalized spacial score (nSPS) is 10.6. The molecule has 0 fully saturated rings. The number of fused-ring (bicyclic) bond motifs is 1. The molecule has 0 bridgehead atoms. The average molecular weight is 416 g/mol. The molecule has 2 heterocycles. The Morgan fingerprint density at radius 3 is 2.45 bits per heavy atom. The first-order chi connectivity index (χ1) is 15.0.